The summed E-state index contributed by atoms with van der Waals surface area (Å²) < 4.78 is 12.2. The number of rotatable bonds is 5. The highest BCUT2D eigenvalue weighted by atomic mass is 16.6. The molecule has 11 heteroatoms. The van der Waals surface area contributed by atoms with Gasteiger partial charge in [0.1, 0.15) is 36.7 Å². The molecule has 0 bridgehead atoms. The van der Waals surface area contributed by atoms with Crippen LogP contribution in [0.1, 0.15) is 29.4 Å². The summed E-state index contributed by atoms with van der Waals surface area (Å²) in [5.41, 5.74) is -0.607. The third-order valence-electron chi connectivity index (χ3n) is 5.39. The number of aliphatic hydroxyl groups excluding tert-OH is 2. The van der Waals surface area contributed by atoms with E-state index in [1.807, 2.05) is 0 Å². The topological polar surface area (TPSA) is 159 Å². The number of amides is 1. The second-order valence-electron chi connectivity index (χ2n) is 7.60. The molecule has 3 heterocycles. The predicted molar refractivity (Wildman–Crippen MR) is 113 cm³/mol. The van der Waals surface area contributed by atoms with Crippen LogP contribution < -0.4 is 5.32 Å². The molecule has 3 N–H and O–H groups in total. The van der Waals surface area contributed by atoms with Gasteiger partial charge >= 0.3 is 5.97 Å². The van der Waals surface area contributed by atoms with E-state index in [1.54, 1.807) is 42.5 Å². The molecule has 33 heavy (non-hydrogen) atoms. The SMILES string of the molecule is CC(=O)OC[C@H]1O[C@@](C#N)(c2ccc3c(NC(=O)c4ccccc4)ncnn23)C[C@H](O)[C@@H]1O. The monoisotopic (exact) mass is 451 g/mol. The van der Waals surface area contributed by atoms with Crippen molar-refractivity contribution in [2.45, 2.75) is 37.3 Å². The van der Waals surface area contributed by atoms with Crippen molar-refractivity contribution in [1.82, 2.24) is 14.6 Å². The van der Waals surface area contributed by atoms with Gasteiger partial charge in [0, 0.05) is 18.9 Å². The minimum absolute atomic E-state index is 0.214. The van der Waals surface area contributed by atoms with Crippen LogP contribution in [-0.2, 0) is 19.9 Å². The summed E-state index contributed by atoms with van der Waals surface area (Å²) in [5, 5.41) is 37.7. The Morgan fingerprint density at radius 2 is 2.06 bits per heavy atom. The lowest BCUT2D eigenvalue weighted by molar-refractivity contribution is -0.214. The first-order valence-electron chi connectivity index (χ1n) is 10.1. The summed E-state index contributed by atoms with van der Waals surface area (Å²) >= 11 is 0. The second-order valence-corrected chi connectivity index (χ2v) is 7.60. The van der Waals surface area contributed by atoms with Crippen molar-refractivity contribution in [2.75, 3.05) is 11.9 Å². The van der Waals surface area contributed by atoms with E-state index in [0.29, 0.717) is 11.1 Å². The summed E-state index contributed by atoms with van der Waals surface area (Å²) in [6, 6.07) is 13.8. The van der Waals surface area contributed by atoms with E-state index < -0.39 is 29.9 Å². The maximum atomic E-state index is 12.6. The van der Waals surface area contributed by atoms with Crippen LogP contribution in [0.4, 0.5) is 5.82 Å². The highest BCUT2D eigenvalue weighted by Crippen LogP contribution is 2.39. The van der Waals surface area contributed by atoms with Crippen molar-refractivity contribution in [3.05, 3.63) is 60.0 Å². The van der Waals surface area contributed by atoms with Crippen molar-refractivity contribution in [1.29, 1.82) is 5.26 Å². The van der Waals surface area contributed by atoms with Gasteiger partial charge in [0.05, 0.1) is 11.8 Å². The number of anilines is 1. The third kappa shape index (κ3) is 4.27. The molecule has 1 amide bonds. The Morgan fingerprint density at radius 1 is 1.30 bits per heavy atom. The number of nitrogens with one attached hydrogen (secondary N) is 1. The summed E-state index contributed by atoms with van der Waals surface area (Å²) in [5.74, 6) is -0.748. The van der Waals surface area contributed by atoms with Crippen LogP contribution in [0.15, 0.2) is 48.8 Å². The molecule has 2 aromatic heterocycles. The van der Waals surface area contributed by atoms with Crippen LogP contribution in [0.25, 0.3) is 5.52 Å². The van der Waals surface area contributed by atoms with Crippen LogP contribution in [0.5, 0.6) is 0 Å². The van der Waals surface area contributed by atoms with Crippen molar-refractivity contribution >= 4 is 23.2 Å². The van der Waals surface area contributed by atoms with Crippen LogP contribution in [0, 0.1) is 11.3 Å². The Balaban J connectivity index is 1.69. The molecule has 1 fully saturated rings. The average Bonchev–Trinajstić information content (AvgIpc) is 3.26. The zero-order valence-corrected chi connectivity index (χ0v) is 17.6. The molecular formula is C22H21N5O6. The van der Waals surface area contributed by atoms with Crippen molar-refractivity contribution in [3.63, 3.8) is 0 Å². The minimum atomic E-state index is -1.70. The number of benzene rings is 1. The zero-order chi connectivity index (χ0) is 23.6. The fourth-order valence-electron chi connectivity index (χ4n) is 3.77. The van der Waals surface area contributed by atoms with E-state index in [9.17, 15) is 25.1 Å². The molecule has 0 unspecified atom stereocenters. The van der Waals surface area contributed by atoms with Gasteiger partial charge in [0.25, 0.3) is 5.91 Å². The van der Waals surface area contributed by atoms with Gasteiger partial charge in [0.15, 0.2) is 11.4 Å². The number of esters is 1. The van der Waals surface area contributed by atoms with Gasteiger partial charge < -0.3 is 25.0 Å². The van der Waals surface area contributed by atoms with Gasteiger partial charge in [-0.15, -0.1) is 0 Å². The summed E-state index contributed by atoms with van der Waals surface area (Å²) in [6.07, 6.45) is -2.84. The number of aliphatic hydroxyl groups is 2. The molecule has 0 aliphatic carbocycles. The smallest absolute Gasteiger partial charge is 0.302 e. The average molecular weight is 451 g/mol. The number of nitriles is 1. The van der Waals surface area contributed by atoms with Gasteiger partial charge in [-0.25, -0.2) is 9.50 Å². The first-order valence-corrected chi connectivity index (χ1v) is 10.1. The Kier molecular flexibility index (Phi) is 6.06. The Morgan fingerprint density at radius 3 is 2.76 bits per heavy atom. The largest absolute Gasteiger partial charge is 0.463 e. The van der Waals surface area contributed by atoms with E-state index in [1.165, 1.54) is 17.8 Å². The number of carbonyl (C=O) groups excluding carboxylic acids is 2. The lowest BCUT2D eigenvalue weighted by Crippen LogP contribution is -2.54. The summed E-state index contributed by atoms with van der Waals surface area (Å²) in [7, 11) is 0. The molecule has 11 nitrogen and oxygen atoms in total. The van der Waals surface area contributed by atoms with Crippen LogP contribution >= 0.6 is 0 Å². The van der Waals surface area contributed by atoms with E-state index >= 15 is 0 Å². The lowest BCUT2D eigenvalue weighted by Gasteiger charge is -2.41. The molecule has 170 valence electrons. The molecule has 1 aliphatic rings. The maximum Gasteiger partial charge on any atom is 0.302 e. The Bertz CT molecular complexity index is 1220. The van der Waals surface area contributed by atoms with Crippen LogP contribution in [0.2, 0.25) is 0 Å². The van der Waals surface area contributed by atoms with E-state index in [4.69, 9.17) is 9.47 Å². The van der Waals surface area contributed by atoms with E-state index in [2.05, 4.69) is 21.5 Å². The maximum absolute atomic E-state index is 12.6. The molecule has 4 atom stereocenters. The molecule has 3 aromatic rings. The number of nitrogens with zero attached hydrogens (tertiary/aromatic N) is 4. The molecule has 0 spiro atoms. The number of fused-ring (bicyclic) bond motifs is 1. The van der Waals surface area contributed by atoms with E-state index in [-0.39, 0.29) is 30.4 Å². The molecule has 1 aromatic carbocycles. The van der Waals surface area contributed by atoms with E-state index in [0.717, 1.165) is 0 Å². The van der Waals surface area contributed by atoms with Crippen LogP contribution in [0.3, 0.4) is 0 Å². The molecule has 0 radical (unpaired) electrons. The van der Waals surface area contributed by atoms with Gasteiger partial charge in [0.2, 0.25) is 0 Å². The number of ether oxygens (including phenoxy) is 2. The van der Waals surface area contributed by atoms with Gasteiger partial charge in [-0.2, -0.15) is 10.4 Å². The van der Waals surface area contributed by atoms with Gasteiger partial charge in [-0.1, -0.05) is 18.2 Å². The normalized spacial score (nSPS) is 24.7. The Labute approximate surface area is 188 Å². The highest BCUT2D eigenvalue weighted by molar-refractivity contribution is 6.05. The highest BCUT2D eigenvalue weighted by Gasteiger charge is 2.49. The molecule has 4 rings (SSSR count). The summed E-state index contributed by atoms with van der Waals surface area (Å²) in [4.78, 5) is 27.9. The summed E-state index contributed by atoms with van der Waals surface area (Å²) in [6.45, 7) is 0.861. The number of hydrogen-bond acceptors (Lipinski definition) is 9. The number of carbonyl (C=O) groups is 2. The fourth-order valence-corrected chi connectivity index (χ4v) is 3.77. The minimum Gasteiger partial charge on any atom is -0.463 e. The quantitative estimate of drug-likeness (QED) is 0.476. The fraction of sp³-hybridized carbons (Fsp3) is 0.318. The van der Waals surface area contributed by atoms with Crippen molar-refractivity contribution in [2.24, 2.45) is 0 Å². The number of aromatic nitrogens is 3. The zero-order valence-electron chi connectivity index (χ0n) is 17.6. The van der Waals surface area contributed by atoms with Crippen molar-refractivity contribution < 1.29 is 29.3 Å². The second kappa shape index (κ2) is 8.95. The first kappa shape index (κ1) is 22.3. The molecular weight excluding hydrogens is 430 g/mol. The third-order valence-corrected chi connectivity index (χ3v) is 5.39. The lowest BCUT2D eigenvalue weighted by atomic mass is 9.86. The first-order chi connectivity index (χ1) is 15.8. The van der Waals surface area contributed by atoms with Gasteiger partial charge in [-0.05, 0) is 24.3 Å². The van der Waals surface area contributed by atoms with Gasteiger partial charge in [-0.3, -0.25) is 9.59 Å². The molecule has 1 saturated heterocycles. The van der Waals surface area contributed by atoms with Crippen molar-refractivity contribution in [3.8, 4) is 6.07 Å². The number of hydrogen-bond donors (Lipinski definition) is 3. The standard InChI is InChI=1S/C22H21N5O6/c1-13(28)32-10-17-19(30)16(29)9-22(11-23,33-17)18-8-7-15-20(24-12-25-27(15)18)26-21(31)14-5-3-2-4-6-14/h2-8,12,16-17,19,29-30H,9-10H2,1H3,(H,24,25,26,31)/t16-,17+,19-,22-/m0/s1. The molecule has 1 aliphatic heterocycles. The Hall–Kier alpha value is -3.85. The van der Waals surface area contributed by atoms with Crippen LogP contribution in [-0.4, -0.2) is 61.6 Å². The molecule has 0 saturated carbocycles. The predicted octanol–water partition coefficient (Wildman–Crippen LogP) is 0.774.